The van der Waals surface area contributed by atoms with Gasteiger partial charge in [0, 0.05) is 18.4 Å². The number of carbonyl (C=O) groups excluding carboxylic acids is 4. The summed E-state index contributed by atoms with van der Waals surface area (Å²) in [5.74, 6) is -4.19. The molecule has 1 aliphatic carbocycles. The Labute approximate surface area is 166 Å². The lowest BCUT2D eigenvalue weighted by atomic mass is 9.93. The molecule has 9 nitrogen and oxygen atoms in total. The van der Waals surface area contributed by atoms with E-state index >= 15 is 0 Å². The summed E-state index contributed by atoms with van der Waals surface area (Å²) in [4.78, 5) is 50.8. The highest BCUT2D eigenvalue weighted by molar-refractivity contribution is 6.63. The molecule has 1 N–H and O–H groups in total. The number of para-hydroxylation sites is 1. The number of imide groups is 1. The van der Waals surface area contributed by atoms with Gasteiger partial charge in [0.2, 0.25) is 0 Å². The molecule has 1 saturated heterocycles. The summed E-state index contributed by atoms with van der Waals surface area (Å²) in [6, 6.07) is 8.41. The van der Waals surface area contributed by atoms with E-state index in [2.05, 4.69) is 10.5 Å². The highest BCUT2D eigenvalue weighted by Gasteiger charge is 2.48. The van der Waals surface area contributed by atoms with Crippen molar-refractivity contribution in [3.05, 3.63) is 41.6 Å². The maximum absolute atomic E-state index is 12.7. The topological polar surface area (TPSA) is 114 Å². The third-order valence-electron chi connectivity index (χ3n) is 5.17. The van der Waals surface area contributed by atoms with E-state index in [9.17, 15) is 19.2 Å². The van der Waals surface area contributed by atoms with Crippen molar-refractivity contribution >= 4 is 35.2 Å². The van der Waals surface area contributed by atoms with Crippen LogP contribution in [0, 0.1) is 0 Å². The summed E-state index contributed by atoms with van der Waals surface area (Å²) < 4.78 is 10.7. The molecule has 2 aliphatic heterocycles. The standard InChI is InChI=1S/C20H19N3O6/c1-12-14(17(25)23(16(12)24)13-8-4-2-5-9-13)21-22-15-18(26)28-20(29-19(15)27)10-6-3-7-11-20/h2,4-5,8-9,21H,3,6-7,10-11H2,1H3. The zero-order valence-electron chi connectivity index (χ0n) is 15.8. The van der Waals surface area contributed by atoms with Crippen LogP contribution in [0.1, 0.15) is 39.0 Å². The minimum Gasteiger partial charge on any atom is -0.417 e. The fraction of sp³-hybridized carbons (Fsp3) is 0.350. The Kier molecular flexibility index (Phi) is 4.65. The first kappa shape index (κ1) is 18.9. The number of hydrogen-bond acceptors (Lipinski definition) is 8. The largest absolute Gasteiger partial charge is 0.417 e. The lowest BCUT2D eigenvalue weighted by Crippen LogP contribution is -2.51. The molecule has 2 amide bonds. The molecule has 1 aromatic carbocycles. The van der Waals surface area contributed by atoms with Crippen molar-refractivity contribution in [1.82, 2.24) is 5.43 Å². The maximum Gasteiger partial charge on any atom is 0.369 e. The summed E-state index contributed by atoms with van der Waals surface area (Å²) in [5.41, 5.74) is 2.19. The quantitative estimate of drug-likeness (QED) is 0.467. The molecular weight excluding hydrogens is 378 g/mol. The predicted octanol–water partition coefficient (Wildman–Crippen LogP) is 1.54. The van der Waals surface area contributed by atoms with Crippen molar-refractivity contribution in [3.63, 3.8) is 0 Å². The van der Waals surface area contributed by atoms with E-state index in [1.54, 1.807) is 30.3 Å². The molecule has 0 radical (unpaired) electrons. The van der Waals surface area contributed by atoms with E-state index in [4.69, 9.17) is 9.47 Å². The number of hydrogen-bond donors (Lipinski definition) is 1. The minimum absolute atomic E-state index is 0.115. The molecule has 0 aromatic heterocycles. The Hall–Kier alpha value is -3.49. The number of rotatable bonds is 3. The molecule has 0 bridgehead atoms. The van der Waals surface area contributed by atoms with Crippen LogP contribution in [-0.2, 0) is 28.7 Å². The van der Waals surface area contributed by atoms with Crippen LogP contribution in [0.5, 0.6) is 0 Å². The van der Waals surface area contributed by atoms with Crippen molar-refractivity contribution in [1.29, 1.82) is 0 Å². The van der Waals surface area contributed by atoms with Crippen molar-refractivity contribution < 1.29 is 28.7 Å². The third-order valence-corrected chi connectivity index (χ3v) is 5.17. The number of esters is 2. The van der Waals surface area contributed by atoms with Crippen molar-refractivity contribution in [2.24, 2.45) is 5.10 Å². The fourth-order valence-electron chi connectivity index (χ4n) is 3.62. The van der Waals surface area contributed by atoms with Gasteiger partial charge in [-0.15, -0.1) is 0 Å². The zero-order chi connectivity index (χ0) is 20.6. The molecule has 9 heteroatoms. The van der Waals surface area contributed by atoms with E-state index in [-0.39, 0.29) is 11.3 Å². The van der Waals surface area contributed by atoms with Crippen LogP contribution in [0.3, 0.4) is 0 Å². The first-order valence-electron chi connectivity index (χ1n) is 9.37. The van der Waals surface area contributed by atoms with E-state index in [0.29, 0.717) is 18.5 Å². The Bertz CT molecular complexity index is 938. The maximum atomic E-state index is 12.7. The summed E-state index contributed by atoms with van der Waals surface area (Å²) in [6.07, 6.45) is 3.48. The molecule has 4 rings (SSSR count). The van der Waals surface area contributed by atoms with Crippen LogP contribution in [0.25, 0.3) is 0 Å². The van der Waals surface area contributed by atoms with Gasteiger partial charge < -0.3 is 9.47 Å². The second-order valence-electron chi connectivity index (χ2n) is 7.10. The summed E-state index contributed by atoms with van der Waals surface area (Å²) >= 11 is 0. The number of benzene rings is 1. The van der Waals surface area contributed by atoms with E-state index in [1.165, 1.54) is 6.92 Å². The van der Waals surface area contributed by atoms with Crippen molar-refractivity contribution in [3.8, 4) is 0 Å². The number of amides is 2. The van der Waals surface area contributed by atoms with Crippen molar-refractivity contribution in [2.45, 2.75) is 44.8 Å². The second-order valence-corrected chi connectivity index (χ2v) is 7.10. The van der Waals surface area contributed by atoms with Gasteiger partial charge in [-0.25, -0.2) is 14.5 Å². The van der Waals surface area contributed by atoms with Crippen LogP contribution in [0.4, 0.5) is 5.69 Å². The first-order chi connectivity index (χ1) is 13.9. The minimum atomic E-state index is -1.22. The molecule has 1 spiro atoms. The van der Waals surface area contributed by atoms with Gasteiger partial charge >= 0.3 is 11.9 Å². The first-order valence-corrected chi connectivity index (χ1v) is 9.37. The Morgan fingerprint density at radius 2 is 1.55 bits per heavy atom. The predicted molar refractivity (Wildman–Crippen MR) is 100 cm³/mol. The third kappa shape index (κ3) is 3.28. The van der Waals surface area contributed by atoms with Gasteiger partial charge in [-0.05, 0) is 31.9 Å². The monoisotopic (exact) mass is 397 g/mol. The Morgan fingerprint density at radius 3 is 2.17 bits per heavy atom. The summed E-state index contributed by atoms with van der Waals surface area (Å²) in [6.45, 7) is 1.46. The molecular formula is C20H19N3O6. The number of nitrogens with zero attached hydrogens (tertiary/aromatic N) is 2. The molecule has 1 aromatic rings. The average molecular weight is 397 g/mol. The van der Waals surface area contributed by atoms with Crippen LogP contribution >= 0.6 is 0 Å². The molecule has 150 valence electrons. The SMILES string of the molecule is CC1=C(NN=C2C(=O)OC3(CCCCC3)OC2=O)C(=O)N(c2ccccc2)C1=O. The molecule has 1 saturated carbocycles. The van der Waals surface area contributed by atoms with Crippen molar-refractivity contribution in [2.75, 3.05) is 4.90 Å². The molecule has 2 heterocycles. The van der Waals surface area contributed by atoms with Gasteiger partial charge in [0.15, 0.2) is 0 Å². The number of hydrazone groups is 1. The van der Waals surface area contributed by atoms with E-state index in [0.717, 1.165) is 24.2 Å². The second kappa shape index (κ2) is 7.16. The fourth-order valence-corrected chi connectivity index (χ4v) is 3.62. The van der Waals surface area contributed by atoms with Crippen LogP contribution in [0.15, 0.2) is 46.7 Å². The summed E-state index contributed by atoms with van der Waals surface area (Å²) in [5, 5.41) is 3.73. The number of anilines is 1. The normalized spacial score (nSPS) is 21.4. The lowest BCUT2D eigenvalue weighted by molar-refractivity contribution is -0.237. The van der Waals surface area contributed by atoms with E-state index in [1.807, 2.05) is 0 Å². The van der Waals surface area contributed by atoms with Gasteiger partial charge in [-0.3, -0.25) is 15.0 Å². The van der Waals surface area contributed by atoms with Crippen LogP contribution in [-0.4, -0.2) is 35.3 Å². The average Bonchev–Trinajstić information content (AvgIpc) is 2.91. The zero-order valence-corrected chi connectivity index (χ0v) is 15.8. The summed E-state index contributed by atoms with van der Waals surface area (Å²) in [7, 11) is 0. The lowest BCUT2D eigenvalue weighted by Gasteiger charge is -2.38. The number of ether oxygens (including phenoxy) is 2. The molecule has 0 atom stereocenters. The van der Waals surface area contributed by atoms with Gasteiger partial charge in [0.05, 0.1) is 5.69 Å². The van der Waals surface area contributed by atoms with Gasteiger partial charge in [-0.1, -0.05) is 24.6 Å². The smallest absolute Gasteiger partial charge is 0.369 e. The van der Waals surface area contributed by atoms with Crippen LogP contribution in [0.2, 0.25) is 0 Å². The number of nitrogens with one attached hydrogen (secondary N) is 1. The highest BCUT2D eigenvalue weighted by atomic mass is 16.7. The van der Waals surface area contributed by atoms with E-state index < -0.39 is 35.3 Å². The van der Waals surface area contributed by atoms with Gasteiger partial charge in [-0.2, -0.15) is 5.10 Å². The Balaban J connectivity index is 1.53. The molecule has 2 fully saturated rings. The van der Waals surface area contributed by atoms with Gasteiger partial charge in [0.25, 0.3) is 23.3 Å². The molecule has 0 unspecified atom stereocenters. The van der Waals surface area contributed by atoms with Gasteiger partial charge in [0.1, 0.15) is 5.70 Å². The Morgan fingerprint density at radius 1 is 0.931 bits per heavy atom. The number of carbonyl (C=O) groups is 4. The highest BCUT2D eigenvalue weighted by Crippen LogP contribution is 2.35. The molecule has 29 heavy (non-hydrogen) atoms. The van der Waals surface area contributed by atoms with Crippen LogP contribution < -0.4 is 10.3 Å². The molecule has 3 aliphatic rings.